The van der Waals surface area contributed by atoms with E-state index < -0.39 is 58.8 Å². The van der Waals surface area contributed by atoms with Crippen LogP contribution < -0.4 is 11.5 Å². The number of rotatable bonds is 11. The number of amidine groups is 1. The molecule has 0 aromatic carbocycles. The average molecular weight is 617 g/mol. The molecular formula is C30H44N6O8. The smallest absolute Gasteiger partial charge is 0.323 e. The molecule has 1 aliphatic heterocycles. The number of amides is 1. The number of nitrogens with two attached hydrogens (primary N) is 2. The van der Waals surface area contributed by atoms with Crippen molar-refractivity contribution in [2.24, 2.45) is 32.8 Å². The van der Waals surface area contributed by atoms with Gasteiger partial charge >= 0.3 is 11.9 Å². The van der Waals surface area contributed by atoms with Crippen molar-refractivity contribution in [1.82, 2.24) is 4.98 Å². The predicted octanol–water partition coefficient (Wildman–Crippen LogP) is 1.59. The van der Waals surface area contributed by atoms with E-state index in [2.05, 4.69) is 15.0 Å². The van der Waals surface area contributed by atoms with Crippen LogP contribution in [0, 0.1) is 22.7 Å². The van der Waals surface area contributed by atoms with Crippen LogP contribution in [0.15, 0.2) is 22.1 Å². The lowest BCUT2D eigenvalue weighted by Gasteiger charge is -2.29. The summed E-state index contributed by atoms with van der Waals surface area (Å²) < 4.78 is 22.6. The number of H-pyrrole nitrogens is 1. The lowest BCUT2D eigenvalue weighted by Crippen LogP contribution is -2.49. The Morgan fingerprint density at radius 2 is 1.95 bits per heavy atom. The largest absolute Gasteiger partial charge is 0.463 e. The zero-order valence-corrected chi connectivity index (χ0v) is 26.2. The first-order valence-electron chi connectivity index (χ1n) is 14.7. The van der Waals surface area contributed by atoms with Gasteiger partial charge in [0.1, 0.15) is 36.5 Å². The molecule has 0 bridgehead atoms. The molecule has 1 aliphatic carbocycles. The van der Waals surface area contributed by atoms with Gasteiger partial charge in [0, 0.05) is 13.0 Å². The molecule has 2 aliphatic rings. The molecule has 5 atom stereocenters. The Morgan fingerprint density at radius 3 is 2.50 bits per heavy atom. The van der Waals surface area contributed by atoms with Crippen molar-refractivity contribution < 1.29 is 38.4 Å². The maximum Gasteiger partial charge on any atom is 0.323 e. The van der Waals surface area contributed by atoms with Crippen molar-refractivity contribution >= 4 is 30.0 Å². The number of nitrogens with zero attached hydrogens (tertiary/aromatic N) is 3. The lowest BCUT2D eigenvalue weighted by molar-refractivity contribution is -0.163. The highest BCUT2D eigenvalue weighted by atomic mass is 16.6. The highest BCUT2D eigenvalue weighted by Crippen LogP contribution is 2.41. The Bertz CT molecular complexity index is 1310. The minimum Gasteiger partial charge on any atom is -0.463 e. The number of esters is 2. The number of ether oxygens (including phenoxy) is 4. The molecule has 242 valence electrons. The van der Waals surface area contributed by atoms with E-state index in [1.54, 1.807) is 41.5 Å². The van der Waals surface area contributed by atoms with Crippen molar-refractivity contribution in [3.8, 4) is 6.07 Å². The zero-order chi connectivity index (χ0) is 32.9. The summed E-state index contributed by atoms with van der Waals surface area (Å²) in [4.78, 5) is 49.3. The monoisotopic (exact) mass is 616 g/mol. The van der Waals surface area contributed by atoms with Gasteiger partial charge in [-0.25, -0.2) is 4.99 Å². The second kappa shape index (κ2) is 14.0. The minimum absolute atomic E-state index is 0.0448. The quantitative estimate of drug-likeness (QED) is 0.159. The van der Waals surface area contributed by atoms with Crippen molar-refractivity contribution in [2.45, 2.75) is 103 Å². The van der Waals surface area contributed by atoms with Gasteiger partial charge < -0.3 is 40.5 Å². The third-order valence-corrected chi connectivity index (χ3v) is 7.88. The normalized spacial score (nSPS) is 25.3. The van der Waals surface area contributed by atoms with Gasteiger partial charge in [-0.15, -0.1) is 0 Å². The Hall–Kier alpha value is -3.64. The van der Waals surface area contributed by atoms with Crippen LogP contribution in [0.1, 0.15) is 78.6 Å². The first kappa shape index (κ1) is 34.8. The number of aromatic nitrogens is 1. The summed E-state index contributed by atoms with van der Waals surface area (Å²) in [7, 11) is 0. The van der Waals surface area contributed by atoms with E-state index in [1.165, 1.54) is 12.1 Å². The summed E-state index contributed by atoms with van der Waals surface area (Å²) >= 11 is 0. The number of carbonyl (C=O) groups is 3. The number of aliphatic hydroxyl groups excluding tert-OH is 1. The molecule has 44 heavy (non-hydrogen) atoms. The van der Waals surface area contributed by atoms with E-state index in [-0.39, 0.29) is 42.8 Å². The third-order valence-electron chi connectivity index (χ3n) is 7.88. The summed E-state index contributed by atoms with van der Waals surface area (Å²) in [5.41, 5.74) is 7.81. The van der Waals surface area contributed by atoms with Gasteiger partial charge in [0.05, 0.1) is 17.7 Å². The van der Waals surface area contributed by atoms with E-state index in [4.69, 9.17) is 30.4 Å². The summed E-state index contributed by atoms with van der Waals surface area (Å²) in [6.45, 7) is 10.0. The first-order valence-corrected chi connectivity index (χ1v) is 14.7. The molecule has 0 radical (unpaired) electrons. The van der Waals surface area contributed by atoms with E-state index in [0.717, 1.165) is 25.6 Å². The van der Waals surface area contributed by atoms with Crippen molar-refractivity contribution in [2.75, 3.05) is 13.2 Å². The van der Waals surface area contributed by atoms with Crippen molar-refractivity contribution in [3.05, 3.63) is 23.5 Å². The zero-order valence-electron chi connectivity index (χ0n) is 26.2. The van der Waals surface area contributed by atoms with Gasteiger partial charge in [0.25, 0.3) is 5.91 Å². The van der Waals surface area contributed by atoms with E-state index in [9.17, 15) is 24.8 Å². The third kappa shape index (κ3) is 7.71. The van der Waals surface area contributed by atoms with Gasteiger partial charge in [-0.1, -0.05) is 27.2 Å². The van der Waals surface area contributed by atoms with Crippen LogP contribution >= 0.6 is 0 Å². The Balaban J connectivity index is 1.94. The standard InChI is InChI=1S/C30H44N6O8/c1-7-42-29(5,6)27(40)36-25(34-16-32)18-11-12-20(35-18)30(15-31)24(38)22(43-26(39)23(33)28(2,3)4)19(44-30)14-41-21(37)13-17-9-8-10-17/h11-12,16-17,19,22-24,35,38H,7-10,13-14,33H2,1-6H3,(H2,32,34,36,40)/t19-,22-,23-,24-,30+/m1/s1. The van der Waals surface area contributed by atoms with Crippen LogP contribution in [0.3, 0.4) is 0 Å². The Labute approximate surface area is 257 Å². The van der Waals surface area contributed by atoms with Gasteiger partial charge in [-0.3, -0.25) is 14.4 Å². The Kier molecular flexibility index (Phi) is 11.1. The molecule has 0 spiro atoms. The second-order valence-electron chi connectivity index (χ2n) is 12.6. The second-order valence-corrected chi connectivity index (χ2v) is 12.6. The molecule has 0 unspecified atom stereocenters. The number of nitriles is 1. The molecule has 1 saturated carbocycles. The maximum atomic E-state index is 13.0. The molecule has 6 N–H and O–H groups in total. The van der Waals surface area contributed by atoms with Gasteiger partial charge in [0.15, 0.2) is 11.9 Å². The lowest BCUT2D eigenvalue weighted by atomic mass is 9.83. The van der Waals surface area contributed by atoms with Crippen LogP contribution in [0.25, 0.3) is 0 Å². The number of hydrogen-bond donors (Lipinski definition) is 4. The Morgan fingerprint density at radius 1 is 1.27 bits per heavy atom. The molecule has 1 saturated heterocycles. The molecule has 1 aromatic heterocycles. The van der Waals surface area contributed by atoms with Crippen molar-refractivity contribution in [3.63, 3.8) is 0 Å². The van der Waals surface area contributed by atoms with Gasteiger partial charge in [-0.05, 0) is 57.1 Å². The molecule has 14 nitrogen and oxygen atoms in total. The fourth-order valence-electron chi connectivity index (χ4n) is 4.81. The van der Waals surface area contributed by atoms with E-state index in [1.807, 2.05) is 6.07 Å². The maximum absolute atomic E-state index is 13.0. The highest BCUT2D eigenvalue weighted by molar-refractivity contribution is 6.08. The molecule has 3 rings (SSSR count). The number of aliphatic hydroxyl groups is 1. The van der Waals surface area contributed by atoms with Crippen LogP contribution in [-0.4, -0.2) is 83.3 Å². The molecule has 2 fully saturated rings. The van der Waals surface area contributed by atoms with Gasteiger partial charge in [-0.2, -0.15) is 10.3 Å². The highest BCUT2D eigenvalue weighted by Gasteiger charge is 2.59. The van der Waals surface area contributed by atoms with Crippen LogP contribution in [0.2, 0.25) is 0 Å². The molecule has 14 heteroatoms. The molecule has 1 aromatic rings. The minimum atomic E-state index is -2.10. The number of hydrogen-bond acceptors (Lipinski definition) is 10. The van der Waals surface area contributed by atoms with Crippen LogP contribution in [-0.2, 0) is 38.9 Å². The fourth-order valence-corrected chi connectivity index (χ4v) is 4.81. The SMILES string of the molecule is CCOC(C)(C)C(=O)N=C(N=CN)c1ccc([C@]2(C#N)O[C@H](COC(=O)CC3CCC3)[C@@H](OC(=O)[C@@H](N)C(C)(C)C)[C@H]2O)[nH]1. The van der Waals surface area contributed by atoms with Gasteiger partial charge in [0.2, 0.25) is 5.60 Å². The van der Waals surface area contributed by atoms with E-state index >= 15 is 0 Å². The summed E-state index contributed by atoms with van der Waals surface area (Å²) in [5.74, 6) is -1.77. The molecule has 1 amide bonds. The summed E-state index contributed by atoms with van der Waals surface area (Å²) in [5, 5.41) is 21.9. The topological polar surface area (TPSA) is 225 Å². The predicted molar refractivity (Wildman–Crippen MR) is 159 cm³/mol. The average Bonchev–Trinajstić information content (AvgIpc) is 3.52. The number of aromatic amines is 1. The molecule has 2 heterocycles. The summed E-state index contributed by atoms with van der Waals surface area (Å²) in [6, 6.07) is 3.83. The van der Waals surface area contributed by atoms with Crippen LogP contribution in [0.5, 0.6) is 0 Å². The van der Waals surface area contributed by atoms with E-state index in [0.29, 0.717) is 0 Å². The number of carbonyl (C=O) groups excluding carboxylic acids is 3. The van der Waals surface area contributed by atoms with Crippen molar-refractivity contribution in [1.29, 1.82) is 5.26 Å². The summed E-state index contributed by atoms with van der Waals surface area (Å²) in [6.07, 6.45) is -0.221. The first-order chi connectivity index (χ1) is 20.6. The fraction of sp³-hybridized carbons (Fsp3) is 0.667. The van der Waals surface area contributed by atoms with Crippen LogP contribution in [0.4, 0.5) is 0 Å². The number of nitrogens with one attached hydrogen (secondary N) is 1. The molecular weight excluding hydrogens is 572 g/mol. The number of aliphatic imine (C=N–C) groups is 2.